The molecule has 0 fully saturated rings. The Bertz CT molecular complexity index is 529. The highest BCUT2D eigenvalue weighted by Gasteiger charge is 2.08. The Hall–Kier alpha value is -2.34. The molecule has 0 amide bonds. The standard InChI is InChI=1S/C14H13N3/c1-2-17(13-8-4-3-5-9-13)14-10-6-7-12(11-15)16-14/h3-10H,2H2,1H3. The van der Waals surface area contributed by atoms with Crippen molar-refractivity contribution in [2.75, 3.05) is 11.4 Å². The second-order valence-corrected chi connectivity index (χ2v) is 3.57. The van der Waals surface area contributed by atoms with Gasteiger partial charge in [-0.15, -0.1) is 0 Å². The quantitative estimate of drug-likeness (QED) is 0.802. The molecule has 0 N–H and O–H groups in total. The Kier molecular flexibility index (Phi) is 3.37. The van der Waals surface area contributed by atoms with Gasteiger partial charge in [-0.3, -0.25) is 0 Å². The van der Waals surface area contributed by atoms with E-state index in [1.165, 1.54) is 0 Å². The fourth-order valence-electron chi connectivity index (χ4n) is 1.72. The third kappa shape index (κ3) is 2.43. The molecule has 0 radical (unpaired) electrons. The van der Waals surface area contributed by atoms with Crippen LogP contribution in [-0.2, 0) is 0 Å². The lowest BCUT2D eigenvalue weighted by Crippen LogP contribution is -2.17. The van der Waals surface area contributed by atoms with Gasteiger partial charge in [-0.2, -0.15) is 5.26 Å². The molecule has 2 rings (SSSR count). The number of anilines is 2. The van der Waals surface area contributed by atoms with Crippen LogP contribution in [-0.4, -0.2) is 11.5 Å². The van der Waals surface area contributed by atoms with Crippen LogP contribution in [0.25, 0.3) is 0 Å². The second-order valence-electron chi connectivity index (χ2n) is 3.57. The van der Waals surface area contributed by atoms with Crippen LogP contribution in [0.2, 0.25) is 0 Å². The smallest absolute Gasteiger partial charge is 0.142 e. The molecule has 0 saturated carbocycles. The maximum absolute atomic E-state index is 8.86. The molecule has 0 atom stereocenters. The Morgan fingerprint density at radius 1 is 1.12 bits per heavy atom. The molecule has 17 heavy (non-hydrogen) atoms. The first kappa shape index (κ1) is 11.2. The molecule has 0 saturated heterocycles. The normalized spacial score (nSPS) is 9.65. The Morgan fingerprint density at radius 3 is 2.53 bits per heavy atom. The summed E-state index contributed by atoms with van der Waals surface area (Å²) < 4.78 is 0. The van der Waals surface area contributed by atoms with Crippen molar-refractivity contribution in [1.29, 1.82) is 5.26 Å². The van der Waals surface area contributed by atoms with Gasteiger partial charge < -0.3 is 4.90 Å². The summed E-state index contributed by atoms with van der Waals surface area (Å²) in [6.45, 7) is 2.87. The van der Waals surface area contributed by atoms with Crippen LogP contribution in [0.5, 0.6) is 0 Å². The Labute approximate surface area is 101 Å². The van der Waals surface area contributed by atoms with Gasteiger partial charge in [0.05, 0.1) is 0 Å². The molecule has 3 heteroatoms. The summed E-state index contributed by atoms with van der Waals surface area (Å²) in [4.78, 5) is 6.37. The molecular weight excluding hydrogens is 210 g/mol. The first-order valence-corrected chi connectivity index (χ1v) is 5.55. The highest BCUT2D eigenvalue weighted by atomic mass is 15.2. The number of para-hydroxylation sites is 1. The largest absolute Gasteiger partial charge is 0.327 e. The van der Waals surface area contributed by atoms with Crippen molar-refractivity contribution in [3.63, 3.8) is 0 Å². The topological polar surface area (TPSA) is 39.9 Å². The van der Waals surface area contributed by atoms with Crippen molar-refractivity contribution in [1.82, 2.24) is 4.98 Å². The number of benzene rings is 1. The van der Waals surface area contributed by atoms with E-state index in [4.69, 9.17) is 5.26 Å². The summed E-state index contributed by atoms with van der Waals surface area (Å²) in [5, 5.41) is 8.86. The molecule has 0 aliphatic rings. The van der Waals surface area contributed by atoms with Crippen molar-refractivity contribution in [3.05, 3.63) is 54.2 Å². The lowest BCUT2D eigenvalue weighted by Gasteiger charge is -2.21. The van der Waals surface area contributed by atoms with Crippen molar-refractivity contribution in [2.24, 2.45) is 0 Å². The number of hydrogen-bond acceptors (Lipinski definition) is 3. The van der Waals surface area contributed by atoms with Crippen molar-refractivity contribution >= 4 is 11.5 Å². The molecule has 0 bridgehead atoms. The van der Waals surface area contributed by atoms with Crippen LogP contribution < -0.4 is 4.90 Å². The van der Waals surface area contributed by atoms with Crippen LogP contribution in [0.3, 0.4) is 0 Å². The van der Waals surface area contributed by atoms with Gasteiger partial charge in [-0.05, 0) is 31.2 Å². The predicted octanol–water partition coefficient (Wildman–Crippen LogP) is 3.11. The van der Waals surface area contributed by atoms with E-state index in [-0.39, 0.29) is 0 Å². The SMILES string of the molecule is CCN(c1ccccc1)c1cccc(C#N)n1. The van der Waals surface area contributed by atoms with Gasteiger partial charge in [0.25, 0.3) is 0 Å². The van der Waals surface area contributed by atoms with Gasteiger partial charge in [0.15, 0.2) is 0 Å². The van der Waals surface area contributed by atoms with Crippen LogP contribution in [0, 0.1) is 11.3 Å². The van der Waals surface area contributed by atoms with Crippen molar-refractivity contribution in [3.8, 4) is 6.07 Å². The Morgan fingerprint density at radius 2 is 1.88 bits per heavy atom. The van der Waals surface area contributed by atoms with Gasteiger partial charge in [0, 0.05) is 12.2 Å². The molecule has 0 unspecified atom stereocenters. The van der Waals surface area contributed by atoms with E-state index in [1.807, 2.05) is 42.5 Å². The lowest BCUT2D eigenvalue weighted by atomic mass is 10.2. The molecular formula is C14H13N3. The van der Waals surface area contributed by atoms with Gasteiger partial charge >= 0.3 is 0 Å². The van der Waals surface area contributed by atoms with Crippen LogP contribution >= 0.6 is 0 Å². The monoisotopic (exact) mass is 223 g/mol. The predicted molar refractivity (Wildman–Crippen MR) is 68.1 cm³/mol. The van der Waals surface area contributed by atoms with Gasteiger partial charge in [0.1, 0.15) is 17.6 Å². The average molecular weight is 223 g/mol. The third-order valence-electron chi connectivity index (χ3n) is 2.51. The number of aromatic nitrogens is 1. The van der Waals surface area contributed by atoms with E-state index in [2.05, 4.69) is 22.9 Å². The lowest BCUT2D eigenvalue weighted by molar-refractivity contribution is 0.986. The number of pyridine rings is 1. The molecule has 0 aliphatic heterocycles. The Balaban J connectivity index is 2.39. The van der Waals surface area contributed by atoms with E-state index < -0.39 is 0 Å². The minimum absolute atomic E-state index is 0.442. The number of hydrogen-bond donors (Lipinski definition) is 0. The van der Waals surface area contributed by atoms with E-state index in [9.17, 15) is 0 Å². The second kappa shape index (κ2) is 5.13. The number of nitrogens with zero attached hydrogens (tertiary/aromatic N) is 3. The van der Waals surface area contributed by atoms with E-state index in [1.54, 1.807) is 6.07 Å². The maximum atomic E-state index is 8.86. The summed E-state index contributed by atoms with van der Waals surface area (Å²) in [5.41, 5.74) is 1.52. The summed E-state index contributed by atoms with van der Waals surface area (Å²) >= 11 is 0. The summed E-state index contributed by atoms with van der Waals surface area (Å²) in [6, 6.07) is 17.6. The van der Waals surface area contributed by atoms with Crippen LogP contribution in [0.1, 0.15) is 12.6 Å². The molecule has 0 aliphatic carbocycles. The molecule has 0 spiro atoms. The first-order chi connectivity index (χ1) is 8.35. The minimum atomic E-state index is 0.442. The van der Waals surface area contributed by atoms with E-state index in [0.717, 1.165) is 18.1 Å². The maximum Gasteiger partial charge on any atom is 0.142 e. The van der Waals surface area contributed by atoms with Gasteiger partial charge in [-0.25, -0.2) is 4.98 Å². The molecule has 2 aromatic rings. The molecule has 1 aromatic carbocycles. The molecule has 1 aromatic heterocycles. The summed E-state index contributed by atoms with van der Waals surface area (Å²) in [5.74, 6) is 0.803. The van der Waals surface area contributed by atoms with Gasteiger partial charge in [-0.1, -0.05) is 24.3 Å². The zero-order chi connectivity index (χ0) is 12.1. The first-order valence-electron chi connectivity index (χ1n) is 5.55. The van der Waals surface area contributed by atoms with E-state index in [0.29, 0.717) is 5.69 Å². The third-order valence-corrected chi connectivity index (χ3v) is 2.51. The van der Waals surface area contributed by atoms with Crippen LogP contribution in [0.15, 0.2) is 48.5 Å². The van der Waals surface area contributed by atoms with E-state index >= 15 is 0 Å². The fraction of sp³-hybridized carbons (Fsp3) is 0.143. The van der Waals surface area contributed by atoms with Crippen LogP contribution in [0.4, 0.5) is 11.5 Å². The average Bonchev–Trinajstić information content (AvgIpc) is 2.41. The molecule has 3 nitrogen and oxygen atoms in total. The van der Waals surface area contributed by atoms with Crippen molar-refractivity contribution < 1.29 is 0 Å². The van der Waals surface area contributed by atoms with Gasteiger partial charge in [0.2, 0.25) is 0 Å². The number of rotatable bonds is 3. The molecule has 1 heterocycles. The number of nitriles is 1. The minimum Gasteiger partial charge on any atom is -0.327 e. The van der Waals surface area contributed by atoms with Crippen molar-refractivity contribution in [2.45, 2.75) is 6.92 Å². The zero-order valence-electron chi connectivity index (χ0n) is 9.67. The fourth-order valence-corrected chi connectivity index (χ4v) is 1.72. The molecule has 84 valence electrons. The highest BCUT2D eigenvalue weighted by molar-refractivity contribution is 5.60. The summed E-state index contributed by atoms with van der Waals surface area (Å²) in [6.07, 6.45) is 0. The summed E-state index contributed by atoms with van der Waals surface area (Å²) in [7, 11) is 0. The zero-order valence-corrected chi connectivity index (χ0v) is 9.67. The highest BCUT2D eigenvalue weighted by Crippen LogP contribution is 2.22.